The van der Waals surface area contributed by atoms with Crippen LogP contribution in [-0.2, 0) is 27.5 Å². The van der Waals surface area contributed by atoms with Crippen molar-refractivity contribution >= 4 is 23.6 Å². The van der Waals surface area contributed by atoms with Crippen molar-refractivity contribution in [2.45, 2.75) is 44.8 Å². The minimum absolute atomic E-state index is 0.0233. The molecule has 4 aliphatic rings. The van der Waals surface area contributed by atoms with Gasteiger partial charge >= 0.3 is 0 Å². The third kappa shape index (κ3) is 4.39. The Hall–Kier alpha value is -2.78. The third-order valence-electron chi connectivity index (χ3n) is 7.36. The minimum Gasteiger partial charge on any atom is -0.340 e. The van der Waals surface area contributed by atoms with E-state index in [2.05, 4.69) is 15.5 Å². The number of piperazine rings is 1. The summed E-state index contributed by atoms with van der Waals surface area (Å²) in [6.45, 7) is 6.00. The first-order valence-electron chi connectivity index (χ1n) is 12.0. The van der Waals surface area contributed by atoms with Gasteiger partial charge in [0.05, 0.1) is 5.92 Å². The monoisotopic (exact) mass is 453 g/mol. The van der Waals surface area contributed by atoms with Gasteiger partial charge in [-0.3, -0.25) is 29.4 Å². The van der Waals surface area contributed by atoms with Crippen molar-refractivity contribution in [2.75, 3.05) is 39.3 Å². The van der Waals surface area contributed by atoms with Gasteiger partial charge in [-0.2, -0.15) is 0 Å². The fourth-order valence-corrected chi connectivity index (χ4v) is 5.58. The highest BCUT2D eigenvalue weighted by Crippen LogP contribution is 2.31. The zero-order chi connectivity index (χ0) is 22.9. The van der Waals surface area contributed by atoms with Crippen molar-refractivity contribution in [3.05, 3.63) is 34.9 Å². The second kappa shape index (κ2) is 9.23. The standard InChI is InChI=1S/C24H31N5O4/c30-21-7-6-20(22(31)26-21)29-15-19-16(3-1-5-18(19)24(29)33)13-27-10-2-4-17(14-27)23(32)28-11-8-25-9-12-28/h1,3,5,17,20,25H,2,4,6-15H2,(H,26,30,31). The maximum atomic E-state index is 13.1. The Balaban J connectivity index is 1.27. The zero-order valence-corrected chi connectivity index (χ0v) is 18.8. The van der Waals surface area contributed by atoms with E-state index < -0.39 is 6.04 Å². The quantitative estimate of drug-likeness (QED) is 0.627. The van der Waals surface area contributed by atoms with E-state index in [1.54, 1.807) is 4.90 Å². The minimum atomic E-state index is -0.605. The molecule has 0 aliphatic carbocycles. The number of fused-ring (bicyclic) bond motifs is 1. The molecule has 2 unspecified atom stereocenters. The van der Waals surface area contributed by atoms with E-state index in [0.717, 1.165) is 63.2 Å². The molecule has 2 N–H and O–H groups in total. The van der Waals surface area contributed by atoms with Gasteiger partial charge in [-0.15, -0.1) is 0 Å². The summed E-state index contributed by atoms with van der Waals surface area (Å²) in [7, 11) is 0. The number of carbonyl (C=O) groups excluding carboxylic acids is 4. The molecule has 0 radical (unpaired) electrons. The van der Waals surface area contributed by atoms with Crippen molar-refractivity contribution in [3.63, 3.8) is 0 Å². The summed E-state index contributed by atoms with van der Waals surface area (Å²) < 4.78 is 0. The number of likely N-dealkylation sites (tertiary alicyclic amines) is 1. The van der Waals surface area contributed by atoms with Gasteiger partial charge in [-0.25, -0.2) is 0 Å². The van der Waals surface area contributed by atoms with Crippen LogP contribution in [-0.4, -0.2) is 83.6 Å². The molecule has 4 amide bonds. The van der Waals surface area contributed by atoms with Gasteiger partial charge in [0, 0.05) is 57.8 Å². The van der Waals surface area contributed by atoms with Crippen LogP contribution in [0.2, 0.25) is 0 Å². The average Bonchev–Trinajstić information content (AvgIpc) is 3.17. The maximum absolute atomic E-state index is 13.1. The van der Waals surface area contributed by atoms with Gasteiger partial charge in [-0.05, 0) is 43.0 Å². The van der Waals surface area contributed by atoms with Crippen LogP contribution in [0.3, 0.4) is 0 Å². The highest BCUT2D eigenvalue weighted by Gasteiger charge is 2.40. The van der Waals surface area contributed by atoms with E-state index in [9.17, 15) is 19.2 Å². The predicted molar refractivity (Wildman–Crippen MR) is 120 cm³/mol. The molecule has 4 heterocycles. The number of nitrogens with one attached hydrogen (secondary N) is 2. The summed E-state index contributed by atoms with van der Waals surface area (Å²) >= 11 is 0. The molecule has 1 aromatic carbocycles. The van der Waals surface area contributed by atoms with Crippen molar-refractivity contribution in [1.82, 2.24) is 25.3 Å². The smallest absolute Gasteiger partial charge is 0.255 e. The molecule has 33 heavy (non-hydrogen) atoms. The van der Waals surface area contributed by atoms with Gasteiger partial charge < -0.3 is 15.1 Å². The number of amides is 4. The normalized spacial score (nSPS) is 26.4. The molecule has 0 bridgehead atoms. The number of nitrogens with zero attached hydrogens (tertiary/aromatic N) is 3. The van der Waals surface area contributed by atoms with Crippen molar-refractivity contribution in [3.8, 4) is 0 Å². The van der Waals surface area contributed by atoms with E-state index in [0.29, 0.717) is 25.1 Å². The highest BCUT2D eigenvalue weighted by molar-refractivity contribution is 6.05. The van der Waals surface area contributed by atoms with Crippen LogP contribution >= 0.6 is 0 Å². The van der Waals surface area contributed by atoms with Crippen LogP contribution in [0.4, 0.5) is 0 Å². The van der Waals surface area contributed by atoms with E-state index in [1.807, 2.05) is 23.1 Å². The molecule has 1 aromatic rings. The molecule has 4 aliphatic heterocycles. The van der Waals surface area contributed by atoms with Crippen LogP contribution < -0.4 is 10.6 Å². The Labute approximate surface area is 193 Å². The zero-order valence-electron chi connectivity index (χ0n) is 18.8. The molecule has 3 saturated heterocycles. The van der Waals surface area contributed by atoms with Crippen LogP contribution in [0.25, 0.3) is 0 Å². The molecular formula is C24H31N5O4. The first-order chi connectivity index (χ1) is 16.0. The number of benzene rings is 1. The molecule has 0 aromatic heterocycles. The number of carbonyl (C=O) groups is 4. The summed E-state index contributed by atoms with van der Waals surface area (Å²) in [6.07, 6.45) is 2.52. The lowest BCUT2D eigenvalue weighted by Gasteiger charge is -2.36. The number of hydrogen-bond donors (Lipinski definition) is 2. The number of imide groups is 1. The fourth-order valence-electron chi connectivity index (χ4n) is 5.58. The molecule has 2 atom stereocenters. The summed E-state index contributed by atoms with van der Waals surface area (Å²) in [5.41, 5.74) is 2.68. The lowest BCUT2D eigenvalue weighted by molar-refractivity contribution is -0.138. The van der Waals surface area contributed by atoms with Crippen LogP contribution in [0, 0.1) is 5.92 Å². The molecule has 9 heteroatoms. The van der Waals surface area contributed by atoms with E-state index in [-0.39, 0.29) is 36.0 Å². The van der Waals surface area contributed by atoms with E-state index >= 15 is 0 Å². The van der Waals surface area contributed by atoms with Crippen molar-refractivity contribution in [1.29, 1.82) is 0 Å². The summed E-state index contributed by atoms with van der Waals surface area (Å²) in [5.74, 6) is -0.531. The molecule has 0 saturated carbocycles. The average molecular weight is 454 g/mol. The number of hydrogen-bond acceptors (Lipinski definition) is 6. The Morgan fingerprint density at radius 1 is 1.06 bits per heavy atom. The van der Waals surface area contributed by atoms with Crippen LogP contribution in [0.5, 0.6) is 0 Å². The first kappa shape index (κ1) is 22.0. The van der Waals surface area contributed by atoms with Crippen LogP contribution in [0.15, 0.2) is 18.2 Å². The molecule has 3 fully saturated rings. The Morgan fingerprint density at radius 2 is 1.88 bits per heavy atom. The molecular weight excluding hydrogens is 422 g/mol. The van der Waals surface area contributed by atoms with Crippen molar-refractivity contribution in [2.24, 2.45) is 5.92 Å². The third-order valence-corrected chi connectivity index (χ3v) is 7.36. The van der Waals surface area contributed by atoms with Gasteiger partial charge in [0.15, 0.2) is 0 Å². The second-order valence-corrected chi connectivity index (χ2v) is 9.49. The fraction of sp³-hybridized carbons (Fsp3) is 0.583. The molecule has 9 nitrogen and oxygen atoms in total. The topological polar surface area (TPSA) is 102 Å². The Morgan fingerprint density at radius 3 is 2.67 bits per heavy atom. The first-order valence-corrected chi connectivity index (χ1v) is 12.0. The van der Waals surface area contributed by atoms with Crippen LogP contribution in [0.1, 0.15) is 47.2 Å². The van der Waals surface area contributed by atoms with Crippen molar-refractivity contribution < 1.29 is 19.2 Å². The Kier molecular flexibility index (Phi) is 6.16. The van der Waals surface area contributed by atoms with E-state index in [4.69, 9.17) is 0 Å². The second-order valence-electron chi connectivity index (χ2n) is 9.49. The largest absolute Gasteiger partial charge is 0.340 e. The molecule has 176 valence electrons. The van der Waals surface area contributed by atoms with Gasteiger partial charge in [-0.1, -0.05) is 12.1 Å². The Bertz CT molecular complexity index is 974. The predicted octanol–water partition coefficient (Wildman–Crippen LogP) is 0.0914. The lowest BCUT2D eigenvalue weighted by Crippen LogP contribution is -2.52. The number of rotatable bonds is 4. The summed E-state index contributed by atoms with van der Waals surface area (Å²) in [5, 5.41) is 5.65. The van der Waals surface area contributed by atoms with Gasteiger partial charge in [0.2, 0.25) is 17.7 Å². The highest BCUT2D eigenvalue weighted by atomic mass is 16.2. The number of piperidine rings is 2. The summed E-state index contributed by atoms with van der Waals surface area (Å²) in [4.78, 5) is 55.9. The molecule has 5 rings (SSSR count). The maximum Gasteiger partial charge on any atom is 0.255 e. The molecule has 0 spiro atoms. The van der Waals surface area contributed by atoms with Gasteiger partial charge in [0.1, 0.15) is 6.04 Å². The SMILES string of the molecule is O=C1CCC(N2Cc3c(CN4CCCC(C(=O)N5CCNCC5)C4)cccc3C2=O)C(=O)N1. The summed E-state index contributed by atoms with van der Waals surface area (Å²) in [6, 6.07) is 5.15. The van der Waals surface area contributed by atoms with Gasteiger partial charge in [0.25, 0.3) is 5.91 Å². The lowest BCUT2D eigenvalue weighted by atomic mass is 9.95. The van der Waals surface area contributed by atoms with E-state index in [1.165, 1.54) is 0 Å².